The van der Waals surface area contributed by atoms with E-state index < -0.39 is 40.5 Å². The van der Waals surface area contributed by atoms with Gasteiger partial charge in [-0.3, -0.25) is 4.79 Å². The van der Waals surface area contributed by atoms with Gasteiger partial charge in [0.15, 0.2) is 0 Å². The Bertz CT molecular complexity index is 1030. The summed E-state index contributed by atoms with van der Waals surface area (Å²) in [6, 6.07) is 17.4. The van der Waals surface area contributed by atoms with Gasteiger partial charge >= 0.3 is 12.1 Å². The van der Waals surface area contributed by atoms with Crippen molar-refractivity contribution in [1.29, 1.82) is 5.26 Å². The fourth-order valence-electron chi connectivity index (χ4n) is 3.42. The Morgan fingerprint density at radius 1 is 1.16 bits per heavy atom. The quantitative estimate of drug-likeness (QED) is 0.469. The predicted octanol–water partition coefficient (Wildman–Crippen LogP) is 6.54. The van der Waals surface area contributed by atoms with Crippen molar-refractivity contribution in [2.75, 3.05) is 0 Å². The fourth-order valence-corrected chi connectivity index (χ4v) is 3.55. The van der Waals surface area contributed by atoms with Gasteiger partial charge in [-0.1, -0.05) is 61.9 Å². The summed E-state index contributed by atoms with van der Waals surface area (Å²) in [6.45, 7) is 3.30. The second-order valence-corrected chi connectivity index (χ2v) is 8.18. The number of carbonyl (C=O) groups excluding carboxylic acids is 1. The molecule has 0 N–H and O–H groups in total. The van der Waals surface area contributed by atoms with E-state index in [-0.39, 0.29) is 0 Å². The van der Waals surface area contributed by atoms with Crippen LogP contribution in [-0.4, -0.2) is 12.1 Å². The summed E-state index contributed by atoms with van der Waals surface area (Å²) in [7, 11) is 0. The molecule has 3 atom stereocenters. The van der Waals surface area contributed by atoms with E-state index in [1.807, 2.05) is 24.3 Å². The average Bonchev–Trinajstić information content (AvgIpc) is 3.26. The van der Waals surface area contributed by atoms with Crippen LogP contribution in [0.1, 0.15) is 25.5 Å². The van der Waals surface area contributed by atoms with Crippen LogP contribution in [0.15, 0.2) is 65.7 Å². The summed E-state index contributed by atoms with van der Waals surface area (Å²) >= 11 is 5.32. The van der Waals surface area contributed by atoms with Gasteiger partial charge in [0.25, 0.3) is 0 Å². The number of esters is 1. The Morgan fingerprint density at radius 2 is 1.81 bits per heavy atom. The zero-order chi connectivity index (χ0) is 22.8. The molecule has 0 saturated heterocycles. The molecule has 0 aliphatic heterocycles. The Kier molecular flexibility index (Phi) is 6.33. The van der Waals surface area contributed by atoms with Crippen molar-refractivity contribution in [2.45, 2.75) is 26.1 Å². The van der Waals surface area contributed by atoms with Gasteiger partial charge < -0.3 is 9.47 Å². The van der Waals surface area contributed by atoms with Crippen LogP contribution in [0, 0.1) is 28.6 Å². The van der Waals surface area contributed by atoms with E-state index in [1.54, 1.807) is 50.2 Å². The second-order valence-electron chi connectivity index (χ2n) is 7.77. The first-order chi connectivity index (χ1) is 14.5. The van der Waals surface area contributed by atoms with Crippen LogP contribution in [0.2, 0.25) is 0 Å². The lowest BCUT2D eigenvalue weighted by Gasteiger charge is -2.13. The molecule has 2 aromatic rings. The number of alkyl halides is 3. The van der Waals surface area contributed by atoms with Crippen LogP contribution >= 0.6 is 11.6 Å². The van der Waals surface area contributed by atoms with Crippen molar-refractivity contribution in [3.05, 3.63) is 71.3 Å². The molecule has 0 radical (unpaired) electrons. The van der Waals surface area contributed by atoms with E-state index in [0.29, 0.717) is 17.1 Å². The molecule has 1 aliphatic rings. The number of nitrogens with zero attached hydrogens (tertiary/aromatic N) is 1. The summed E-state index contributed by atoms with van der Waals surface area (Å²) in [5.74, 6) is -1.27. The van der Waals surface area contributed by atoms with Crippen LogP contribution < -0.4 is 4.74 Å². The molecule has 1 fully saturated rings. The molecule has 0 spiro atoms. The first-order valence-corrected chi connectivity index (χ1v) is 9.79. The topological polar surface area (TPSA) is 59.3 Å². The number of rotatable bonds is 6. The maximum atomic E-state index is 12.7. The molecule has 1 unspecified atom stereocenters. The van der Waals surface area contributed by atoms with Gasteiger partial charge in [0.2, 0.25) is 6.10 Å². The van der Waals surface area contributed by atoms with Crippen molar-refractivity contribution in [3.8, 4) is 17.6 Å². The van der Waals surface area contributed by atoms with Crippen LogP contribution in [0.25, 0.3) is 0 Å². The number of halogens is 4. The molecule has 1 saturated carbocycles. The van der Waals surface area contributed by atoms with Crippen LogP contribution in [0.3, 0.4) is 0 Å². The summed E-state index contributed by atoms with van der Waals surface area (Å²) in [6.07, 6.45) is -5.07. The van der Waals surface area contributed by atoms with Crippen molar-refractivity contribution in [2.24, 2.45) is 17.3 Å². The molecule has 0 bridgehead atoms. The number of para-hydroxylation sites is 1. The molecule has 1 aliphatic carbocycles. The van der Waals surface area contributed by atoms with E-state index in [0.717, 1.165) is 6.08 Å². The summed E-state index contributed by atoms with van der Waals surface area (Å²) in [5, 5.41) is 8.23. The zero-order valence-corrected chi connectivity index (χ0v) is 17.4. The largest absolute Gasteiger partial charge is 0.457 e. The highest BCUT2D eigenvalue weighted by Crippen LogP contribution is 2.60. The molecule has 31 heavy (non-hydrogen) atoms. The standard InChI is InChI=1S/C23H19ClF3NO3/c1-22(2)17(12-19(24)23(25,26)27)20(22)21(29)31-18(13-28)14-7-6-10-16(11-14)30-15-8-4-3-5-9-15/h3-12,17-18,20H,1-2H3/b19-12-/t17-,18?,20+/m1/s1. The van der Waals surface area contributed by atoms with E-state index >= 15 is 0 Å². The Labute approximate surface area is 182 Å². The lowest BCUT2D eigenvalue weighted by molar-refractivity contribution is -0.149. The molecule has 2 aromatic carbocycles. The average molecular weight is 450 g/mol. The molecule has 162 valence electrons. The summed E-state index contributed by atoms with van der Waals surface area (Å²) < 4.78 is 49.2. The SMILES string of the molecule is CC1(C)[C@H](/C=C(\Cl)C(F)(F)F)[C@H]1C(=O)OC(C#N)c1cccc(Oc2ccccc2)c1. The second kappa shape index (κ2) is 8.64. The number of hydrogen-bond acceptors (Lipinski definition) is 4. The van der Waals surface area contributed by atoms with Crippen molar-refractivity contribution >= 4 is 17.6 Å². The Hall–Kier alpha value is -2.98. The highest BCUT2D eigenvalue weighted by molar-refractivity contribution is 6.30. The minimum absolute atomic E-state index is 0.392. The molecule has 8 heteroatoms. The van der Waals surface area contributed by atoms with Gasteiger partial charge in [-0.25, -0.2) is 0 Å². The minimum atomic E-state index is -4.68. The normalized spacial score (nSPS) is 21.0. The first-order valence-electron chi connectivity index (χ1n) is 9.41. The van der Waals surface area contributed by atoms with Crippen molar-refractivity contribution in [1.82, 2.24) is 0 Å². The molecule has 4 nitrogen and oxygen atoms in total. The number of allylic oxidation sites excluding steroid dienone is 2. The molecule has 0 heterocycles. The van der Waals surface area contributed by atoms with Gasteiger partial charge in [0.1, 0.15) is 22.6 Å². The summed E-state index contributed by atoms with van der Waals surface area (Å²) in [5.41, 5.74) is -0.371. The highest BCUT2D eigenvalue weighted by Gasteiger charge is 2.62. The number of benzene rings is 2. The van der Waals surface area contributed by atoms with E-state index in [1.165, 1.54) is 0 Å². The zero-order valence-electron chi connectivity index (χ0n) is 16.7. The Balaban J connectivity index is 1.72. The van der Waals surface area contributed by atoms with Gasteiger partial charge in [-0.05, 0) is 35.6 Å². The lowest BCUT2D eigenvalue weighted by Crippen LogP contribution is -2.14. The van der Waals surface area contributed by atoms with E-state index in [9.17, 15) is 23.2 Å². The minimum Gasteiger partial charge on any atom is -0.457 e. The monoisotopic (exact) mass is 449 g/mol. The molecule has 0 aromatic heterocycles. The van der Waals surface area contributed by atoms with E-state index in [4.69, 9.17) is 21.1 Å². The van der Waals surface area contributed by atoms with Crippen molar-refractivity contribution < 1.29 is 27.4 Å². The van der Waals surface area contributed by atoms with E-state index in [2.05, 4.69) is 0 Å². The smallest absolute Gasteiger partial charge is 0.426 e. The van der Waals surface area contributed by atoms with Gasteiger partial charge in [0.05, 0.1) is 5.92 Å². The van der Waals surface area contributed by atoms with Gasteiger partial charge in [0, 0.05) is 5.56 Å². The third kappa shape index (κ3) is 5.20. The molecule has 3 rings (SSSR count). The Morgan fingerprint density at radius 3 is 2.42 bits per heavy atom. The van der Waals surface area contributed by atoms with Crippen molar-refractivity contribution in [3.63, 3.8) is 0 Å². The molecular weight excluding hydrogens is 431 g/mol. The lowest BCUT2D eigenvalue weighted by atomic mass is 10.1. The molecule has 0 amide bonds. The predicted molar refractivity (Wildman–Crippen MR) is 108 cm³/mol. The third-order valence-corrected chi connectivity index (χ3v) is 5.59. The van der Waals surface area contributed by atoms with Crippen LogP contribution in [0.4, 0.5) is 13.2 Å². The maximum Gasteiger partial charge on any atom is 0.426 e. The number of ether oxygens (including phenoxy) is 2. The molecular formula is C23H19ClF3NO3. The third-order valence-electron chi connectivity index (χ3n) is 5.25. The van der Waals surface area contributed by atoms with Gasteiger partial charge in [-0.15, -0.1) is 0 Å². The summed E-state index contributed by atoms with van der Waals surface area (Å²) in [4.78, 5) is 12.6. The van der Waals surface area contributed by atoms with Crippen LogP contribution in [0.5, 0.6) is 11.5 Å². The first kappa shape index (κ1) is 22.7. The fraction of sp³-hybridized carbons (Fsp3) is 0.304. The number of hydrogen-bond donors (Lipinski definition) is 0. The van der Waals surface area contributed by atoms with Crippen LogP contribution in [-0.2, 0) is 9.53 Å². The van der Waals surface area contributed by atoms with Gasteiger partial charge in [-0.2, -0.15) is 18.4 Å². The maximum absolute atomic E-state index is 12.7. The highest BCUT2D eigenvalue weighted by atomic mass is 35.5. The number of nitriles is 1. The number of carbonyl (C=O) groups is 1.